The number of carbonyl (C=O) groups excluding carboxylic acids is 2. The second-order valence-electron chi connectivity index (χ2n) is 8.38. The highest BCUT2D eigenvalue weighted by molar-refractivity contribution is 8.03. The van der Waals surface area contributed by atoms with Gasteiger partial charge in [-0.2, -0.15) is 0 Å². The smallest absolute Gasteiger partial charge is 0.353 e. The number of sulfonamides is 1. The first-order chi connectivity index (χ1) is 13.8. The van der Waals surface area contributed by atoms with Crippen LogP contribution in [0.15, 0.2) is 10.6 Å². The summed E-state index contributed by atoms with van der Waals surface area (Å²) in [7, 11) is -0.115. The number of aliphatic carboxylic acids is 1. The molecule has 0 aliphatic carbocycles. The maximum Gasteiger partial charge on any atom is 0.353 e. The molecular weight excluding hydrogens is 432 g/mol. The second kappa shape index (κ2) is 8.13. The Balaban J connectivity index is 1.78. The molecule has 12 heteroatoms. The number of amides is 2. The van der Waals surface area contributed by atoms with Crippen molar-refractivity contribution in [2.75, 3.05) is 26.9 Å². The van der Waals surface area contributed by atoms with Crippen LogP contribution in [0.3, 0.4) is 0 Å². The van der Waals surface area contributed by atoms with Crippen molar-refractivity contribution >= 4 is 39.6 Å². The molecule has 0 bridgehead atoms. The van der Waals surface area contributed by atoms with Gasteiger partial charge in [0, 0.05) is 42.8 Å². The van der Waals surface area contributed by atoms with Crippen molar-refractivity contribution in [3.8, 4) is 0 Å². The van der Waals surface area contributed by atoms with E-state index in [0.29, 0.717) is 17.9 Å². The fourth-order valence-corrected chi connectivity index (χ4v) is 6.88. The minimum atomic E-state index is -3.50. The first kappa shape index (κ1) is 23.0. The zero-order chi connectivity index (χ0) is 22.5. The average molecular weight is 461 g/mol. The average Bonchev–Trinajstić information content (AvgIpc) is 3.15. The van der Waals surface area contributed by atoms with E-state index >= 15 is 0 Å². The summed E-state index contributed by atoms with van der Waals surface area (Å²) in [6.45, 7) is 4.05. The number of fused-ring (bicyclic) bond motifs is 1. The van der Waals surface area contributed by atoms with Crippen LogP contribution in [0.5, 0.6) is 0 Å². The molecule has 2 saturated heterocycles. The van der Waals surface area contributed by atoms with Gasteiger partial charge in [-0.1, -0.05) is 6.92 Å². The number of hydrogen-bond donors (Lipinski definition) is 3. The molecule has 10 nitrogen and oxygen atoms in total. The molecule has 0 aromatic carbocycles. The van der Waals surface area contributed by atoms with E-state index in [0.717, 1.165) is 6.26 Å². The molecule has 0 saturated carbocycles. The van der Waals surface area contributed by atoms with E-state index in [-0.39, 0.29) is 34.7 Å². The predicted octanol–water partition coefficient (Wildman–Crippen LogP) is -0.751. The summed E-state index contributed by atoms with van der Waals surface area (Å²) >= 11 is 1.40. The summed E-state index contributed by atoms with van der Waals surface area (Å²) in [4.78, 5) is 40.4. The maximum absolute atomic E-state index is 12.8. The van der Waals surface area contributed by atoms with E-state index in [1.54, 1.807) is 21.0 Å². The van der Waals surface area contributed by atoms with Crippen LogP contribution in [-0.4, -0.2) is 91.4 Å². The molecule has 0 aromatic heterocycles. The third-order valence-electron chi connectivity index (χ3n) is 5.85. The molecule has 2 fully saturated rings. The summed E-state index contributed by atoms with van der Waals surface area (Å²) < 4.78 is 25.6. The van der Waals surface area contributed by atoms with Gasteiger partial charge in [0.05, 0.1) is 24.3 Å². The Labute approximate surface area is 180 Å². The maximum atomic E-state index is 12.8. The molecule has 3 aliphatic rings. The van der Waals surface area contributed by atoms with Gasteiger partial charge in [0.15, 0.2) is 0 Å². The molecule has 3 rings (SSSR count). The molecule has 3 heterocycles. The quantitative estimate of drug-likeness (QED) is 0.422. The Morgan fingerprint density at radius 2 is 2.00 bits per heavy atom. The van der Waals surface area contributed by atoms with Gasteiger partial charge >= 0.3 is 5.97 Å². The molecule has 2 amide bonds. The number of β-lactam (4-membered cyclic amide) rings is 1. The molecule has 0 spiro atoms. The van der Waals surface area contributed by atoms with Crippen LogP contribution in [0.2, 0.25) is 0 Å². The number of rotatable bonds is 7. The number of carboxylic acid groups (broad SMARTS) is 1. The van der Waals surface area contributed by atoms with E-state index in [4.69, 9.17) is 0 Å². The van der Waals surface area contributed by atoms with E-state index in [2.05, 4.69) is 10.0 Å². The SMILES string of the molecule is C[C@H](NS(C)(=O)=O)[C@H]1C(=O)N2C(C(=O)O)=C(S[C@@H]3CN[C@H](C(=O)N(C)C)C3)[C@H](C)[C@H]12. The largest absolute Gasteiger partial charge is 0.477 e. The number of thioether (sulfide) groups is 1. The monoisotopic (exact) mass is 460 g/mol. The van der Waals surface area contributed by atoms with Crippen molar-refractivity contribution in [1.82, 2.24) is 19.8 Å². The molecule has 0 radical (unpaired) electrons. The van der Waals surface area contributed by atoms with Gasteiger partial charge < -0.3 is 20.2 Å². The number of likely N-dealkylation sites (N-methyl/N-ethyl adjacent to an activating group) is 1. The van der Waals surface area contributed by atoms with Crippen molar-refractivity contribution in [2.45, 2.75) is 43.6 Å². The van der Waals surface area contributed by atoms with E-state index in [1.165, 1.54) is 21.6 Å². The van der Waals surface area contributed by atoms with Gasteiger partial charge in [-0.3, -0.25) is 9.59 Å². The van der Waals surface area contributed by atoms with Crippen LogP contribution in [0.4, 0.5) is 0 Å². The number of carboxylic acids is 1. The molecule has 30 heavy (non-hydrogen) atoms. The number of hydrogen-bond acceptors (Lipinski definition) is 7. The fourth-order valence-electron chi connectivity index (χ4n) is 4.58. The van der Waals surface area contributed by atoms with Gasteiger partial charge in [0.2, 0.25) is 21.8 Å². The van der Waals surface area contributed by atoms with Gasteiger partial charge in [0.1, 0.15) is 5.70 Å². The van der Waals surface area contributed by atoms with E-state index in [1.807, 2.05) is 6.92 Å². The molecule has 3 aliphatic heterocycles. The van der Waals surface area contributed by atoms with Crippen LogP contribution in [-0.2, 0) is 24.4 Å². The lowest BCUT2D eigenvalue weighted by molar-refractivity contribution is -0.157. The first-order valence-corrected chi connectivity index (χ1v) is 12.5. The minimum absolute atomic E-state index is 0.00419. The third kappa shape index (κ3) is 4.10. The molecule has 0 aromatic rings. The summed E-state index contributed by atoms with van der Waals surface area (Å²) in [5.74, 6) is -2.43. The van der Waals surface area contributed by atoms with Crippen LogP contribution in [0.25, 0.3) is 0 Å². The molecular formula is C18H28N4O6S2. The topological polar surface area (TPSA) is 136 Å². The Morgan fingerprint density at radius 1 is 1.37 bits per heavy atom. The van der Waals surface area contributed by atoms with Gasteiger partial charge in [-0.15, -0.1) is 11.8 Å². The first-order valence-electron chi connectivity index (χ1n) is 9.72. The van der Waals surface area contributed by atoms with Crippen LogP contribution < -0.4 is 10.0 Å². The lowest BCUT2D eigenvalue weighted by Gasteiger charge is -2.47. The zero-order valence-electron chi connectivity index (χ0n) is 17.6. The number of carbonyl (C=O) groups is 3. The highest BCUT2D eigenvalue weighted by atomic mass is 32.2. The molecule has 6 atom stereocenters. The van der Waals surface area contributed by atoms with Crippen molar-refractivity contribution in [3.05, 3.63) is 10.6 Å². The highest BCUT2D eigenvalue weighted by Crippen LogP contribution is 2.51. The Bertz CT molecular complexity index is 902. The Hall–Kier alpha value is -1.63. The lowest BCUT2D eigenvalue weighted by Crippen LogP contribution is -2.66. The summed E-state index contributed by atoms with van der Waals surface area (Å²) in [5.41, 5.74) is -0.0207. The summed E-state index contributed by atoms with van der Waals surface area (Å²) in [5, 5.41) is 13.0. The summed E-state index contributed by atoms with van der Waals surface area (Å²) in [6.07, 6.45) is 1.60. The predicted molar refractivity (Wildman–Crippen MR) is 112 cm³/mol. The number of nitrogens with zero attached hydrogens (tertiary/aromatic N) is 2. The van der Waals surface area contributed by atoms with Crippen molar-refractivity contribution < 1.29 is 27.9 Å². The van der Waals surface area contributed by atoms with Crippen LogP contribution >= 0.6 is 11.8 Å². The van der Waals surface area contributed by atoms with Crippen LogP contribution in [0, 0.1) is 11.8 Å². The zero-order valence-corrected chi connectivity index (χ0v) is 19.2. The second-order valence-corrected chi connectivity index (χ2v) is 11.5. The highest BCUT2D eigenvalue weighted by Gasteiger charge is 2.60. The standard InChI is InChI=1S/C18H28N4O6S2/c1-8-13-12(9(2)20-30(5,27)28)17(24)22(13)14(18(25)26)15(8)29-10-6-11(19-7-10)16(23)21(3)4/h8-13,19-20H,6-7H2,1-5H3,(H,25,26)/t8-,9+,10+,11+,12-,13-/m1/s1. The van der Waals surface area contributed by atoms with Crippen molar-refractivity contribution in [1.29, 1.82) is 0 Å². The lowest BCUT2D eigenvalue weighted by atomic mass is 9.78. The number of nitrogens with one attached hydrogen (secondary N) is 2. The van der Waals surface area contributed by atoms with Gasteiger partial charge in [-0.25, -0.2) is 17.9 Å². The van der Waals surface area contributed by atoms with E-state index < -0.39 is 34.0 Å². The molecule has 0 unspecified atom stereocenters. The minimum Gasteiger partial charge on any atom is -0.477 e. The normalized spacial score (nSPS) is 32.1. The third-order valence-corrected chi connectivity index (χ3v) is 8.16. The Kier molecular flexibility index (Phi) is 6.25. The fraction of sp³-hybridized carbons (Fsp3) is 0.722. The summed E-state index contributed by atoms with van der Waals surface area (Å²) in [6, 6.07) is -1.34. The van der Waals surface area contributed by atoms with Crippen molar-refractivity contribution in [2.24, 2.45) is 11.8 Å². The van der Waals surface area contributed by atoms with Crippen molar-refractivity contribution in [3.63, 3.8) is 0 Å². The molecule has 168 valence electrons. The molecule has 3 N–H and O–H groups in total. The van der Waals surface area contributed by atoms with Crippen LogP contribution in [0.1, 0.15) is 20.3 Å². The van der Waals surface area contributed by atoms with Gasteiger partial charge in [-0.05, 0) is 13.3 Å². The van der Waals surface area contributed by atoms with Gasteiger partial charge in [0.25, 0.3) is 0 Å². The Morgan fingerprint density at radius 3 is 2.53 bits per heavy atom. The van der Waals surface area contributed by atoms with E-state index in [9.17, 15) is 27.9 Å².